The Bertz CT molecular complexity index is 833. The fraction of sp³-hybridized carbons (Fsp3) is 0.211. The molecule has 1 atom stereocenters. The molecule has 0 radical (unpaired) electrons. The minimum Gasteiger partial charge on any atom is -0.338 e. The van der Waals surface area contributed by atoms with Crippen LogP contribution >= 0.6 is 11.8 Å². The minimum absolute atomic E-state index is 0.0397. The van der Waals surface area contributed by atoms with Crippen LogP contribution in [0.15, 0.2) is 65.8 Å². The summed E-state index contributed by atoms with van der Waals surface area (Å²) in [6, 6.07) is 18.0. The summed E-state index contributed by atoms with van der Waals surface area (Å²) in [5, 5.41) is 11.1. The van der Waals surface area contributed by atoms with Gasteiger partial charge in [0.15, 0.2) is 0 Å². The number of fused-ring (bicyclic) bond motifs is 1. The van der Waals surface area contributed by atoms with Gasteiger partial charge in [0.05, 0.1) is 18.0 Å². The van der Waals surface area contributed by atoms with Gasteiger partial charge in [0.1, 0.15) is 5.03 Å². The second-order valence-electron chi connectivity index (χ2n) is 5.62. The van der Waals surface area contributed by atoms with E-state index in [2.05, 4.69) is 10.2 Å². The largest absolute Gasteiger partial charge is 0.338 e. The van der Waals surface area contributed by atoms with Gasteiger partial charge < -0.3 is 4.90 Å². The molecule has 0 saturated heterocycles. The Morgan fingerprint density at radius 2 is 1.83 bits per heavy atom. The summed E-state index contributed by atoms with van der Waals surface area (Å²) in [6.45, 7) is 2.04. The van der Waals surface area contributed by atoms with Gasteiger partial charge in [0, 0.05) is 17.8 Å². The third-order valence-corrected chi connectivity index (χ3v) is 5.09. The first-order valence-electron chi connectivity index (χ1n) is 7.80. The van der Waals surface area contributed by atoms with E-state index in [1.165, 1.54) is 11.8 Å². The SMILES string of the molecule is C[C@@H](c1ccccc1)N(C)C(=O)CSc1nncc2ccccc12. The molecule has 0 bridgehead atoms. The van der Waals surface area contributed by atoms with E-state index in [-0.39, 0.29) is 11.9 Å². The highest BCUT2D eigenvalue weighted by Crippen LogP contribution is 2.26. The zero-order chi connectivity index (χ0) is 16.9. The minimum atomic E-state index is 0.0397. The fourth-order valence-electron chi connectivity index (χ4n) is 2.51. The van der Waals surface area contributed by atoms with Crippen LogP contribution in [0.25, 0.3) is 10.8 Å². The molecular weight excluding hydrogens is 318 g/mol. The van der Waals surface area contributed by atoms with Crippen molar-refractivity contribution in [2.24, 2.45) is 0 Å². The Kier molecular flexibility index (Phi) is 5.11. The standard InChI is InChI=1S/C19H19N3OS/c1-14(15-8-4-3-5-9-15)22(2)18(23)13-24-19-17-11-7-6-10-16(17)12-20-21-19/h3-12,14H,13H2,1-2H3/t14-/m0/s1. The molecule has 24 heavy (non-hydrogen) atoms. The Morgan fingerprint density at radius 3 is 2.62 bits per heavy atom. The number of hydrogen-bond donors (Lipinski definition) is 0. The maximum absolute atomic E-state index is 12.5. The number of amides is 1. The first-order valence-corrected chi connectivity index (χ1v) is 8.79. The fourth-order valence-corrected chi connectivity index (χ4v) is 3.42. The second kappa shape index (κ2) is 7.45. The molecule has 0 fully saturated rings. The zero-order valence-electron chi connectivity index (χ0n) is 13.7. The predicted octanol–water partition coefficient (Wildman–Crippen LogP) is 3.94. The Labute approximate surface area is 145 Å². The van der Waals surface area contributed by atoms with Gasteiger partial charge in [0.2, 0.25) is 5.91 Å². The lowest BCUT2D eigenvalue weighted by Crippen LogP contribution is -2.31. The van der Waals surface area contributed by atoms with Crippen LogP contribution in [0.3, 0.4) is 0 Å². The van der Waals surface area contributed by atoms with Gasteiger partial charge in [-0.2, -0.15) is 5.10 Å². The number of carbonyl (C=O) groups is 1. The van der Waals surface area contributed by atoms with Gasteiger partial charge >= 0.3 is 0 Å². The topological polar surface area (TPSA) is 46.1 Å². The van der Waals surface area contributed by atoms with Gasteiger partial charge in [-0.25, -0.2) is 0 Å². The van der Waals surface area contributed by atoms with Crippen LogP contribution in [-0.2, 0) is 4.79 Å². The zero-order valence-corrected chi connectivity index (χ0v) is 14.5. The molecule has 3 aromatic rings. The van der Waals surface area contributed by atoms with Crippen molar-refractivity contribution in [3.63, 3.8) is 0 Å². The predicted molar refractivity (Wildman–Crippen MR) is 97.9 cm³/mol. The molecule has 0 N–H and O–H groups in total. The van der Waals surface area contributed by atoms with E-state index < -0.39 is 0 Å². The molecular formula is C19H19N3OS. The Morgan fingerprint density at radius 1 is 1.12 bits per heavy atom. The summed E-state index contributed by atoms with van der Waals surface area (Å²) < 4.78 is 0. The molecule has 0 aliphatic carbocycles. The smallest absolute Gasteiger partial charge is 0.233 e. The molecule has 3 rings (SSSR count). The average Bonchev–Trinajstić information content (AvgIpc) is 2.65. The van der Waals surface area contributed by atoms with Gasteiger partial charge in [-0.3, -0.25) is 4.79 Å². The third-order valence-electron chi connectivity index (χ3n) is 4.13. The molecule has 0 spiro atoms. The lowest BCUT2D eigenvalue weighted by Gasteiger charge is -2.25. The molecule has 1 heterocycles. The van der Waals surface area contributed by atoms with Crippen LogP contribution in [0.5, 0.6) is 0 Å². The summed E-state index contributed by atoms with van der Waals surface area (Å²) in [5.74, 6) is 0.419. The van der Waals surface area contributed by atoms with Crippen LogP contribution in [0.1, 0.15) is 18.5 Å². The molecule has 0 aliphatic rings. The number of thioether (sulfide) groups is 1. The average molecular weight is 337 g/mol. The van der Waals surface area contributed by atoms with E-state index >= 15 is 0 Å². The maximum Gasteiger partial charge on any atom is 0.233 e. The van der Waals surface area contributed by atoms with Crippen LogP contribution < -0.4 is 0 Å². The van der Waals surface area contributed by atoms with Crippen LogP contribution in [0, 0.1) is 0 Å². The highest BCUT2D eigenvalue weighted by Gasteiger charge is 2.18. The first-order chi connectivity index (χ1) is 11.7. The summed E-state index contributed by atoms with van der Waals surface area (Å²) in [6.07, 6.45) is 1.74. The maximum atomic E-state index is 12.5. The van der Waals surface area contributed by atoms with E-state index in [9.17, 15) is 4.79 Å². The molecule has 0 aliphatic heterocycles. The van der Waals surface area contributed by atoms with Gasteiger partial charge in [-0.1, -0.05) is 66.4 Å². The monoisotopic (exact) mass is 337 g/mol. The van der Waals surface area contributed by atoms with Crippen molar-refractivity contribution in [2.75, 3.05) is 12.8 Å². The quantitative estimate of drug-likeness (QED) is 0.662. The number of rotatable bonds is 5. The number of benzene rings is 2. The normalized spacial score (nSPS) is 12.1. The van der Waals surface area contributed by atoms with Gasteiger partial charge in [-0.05, 0) is 12.5 Å². The van der Waals surface area contributed by atoms with E-state index in [1.54, 1.807) is 11.1 Å². The summed E-state index contributed by atoms with van der Waals surface area (Å²) >= 11 is 1.43. The molecule has 0 saturated carbocycles. The van der Waals surface area contributed by atoms with Gasteiger partial charge in [0.25, 0.3) is 0 Å². The molecule has 2 aromatic carbocycles. The summed E-state index contributed by atoms with van der Waals surface area (Å²) in [7, 11) is 1.84. The van der Waals surface area contributed by atoms with Crippen molar-refractivity contribution in [3.05, 3.63) is 66.4 Å². The van der Waals surface area contributed by atoms with E-state index in [0.29, 0.717) is 5.75 Å². The summed E-state index contributed by atoms with van der Waals surface area (Å²) in [4.78, 5) is 14.3. The van der Waals surface area contributed by atoms with Crippen LogP contribution in [0.2, 0.25) is 0 Å². The molecule has 0 unspecified atom stereocenters. The lowest BCUT2D eigenvalue weighted by atomic mass is 10.1. The molecule has 5 heteroatoms. The number of carbonyl (C=O) groups excluding carboxylic acids is 1. The van der Waals surface area contributed by atoms with Crippen molar-refractivity contribution in [1.29, 1.82) is 0 Å². The molecule has 4 nitrogen and oxygen atoms in total. The third kappa shape index (κ3) is 3.57. The Hall–Kier alpha value is -2.40. The first kappa shape index (κ1) is 16.5. The molecule has 122 valence electrons. The lowest BCUT2D eigenvalue weighted by molar-refractivity contribution is -0.128. The highest BCUT2D eigenvalue weighted by molar-refractivity contribution is 8.00. The van der Waals surface area contributed by atoms with Crippen LogP contribution in [-0.4, -0.2) is 33.8 Å². The summed E-state index contributed by atoms with van der Waals surface area (Å²) in [5.41, 5.74) is 1.13. The van der Waals surface area contributed by atoms with E-state index in [1.807, 2.05) is 68.6 Å². The van der Waals surface area contributed by atoms with Crippen molar-refractivity contribution >= 4 is 28.4 Å². The van der Waals surface area contributed by atoms with Crippen molar-refractivity contribution < 1.29 is 4.79 Å². The van der Waals surface area contributed by atoms with Crippen molar-refractivity contribution in [3.8, 4) is 0 Å². The number of hydrogen-bond acceptors (Lipinski definition) is 4. The Balaban J connectivity index is 1.68. The second-order valence-corrected chi connectivity index (χ2v) is 6.58. The highest BCUT2D eigenvalue weighted by atomic mass is 32.2. The van der Waals surface area contributed by atoms with Gasteiger partial charge in [-0.15, -0.1) is 5.10 Å². The number of nitrogens with zero attached hydrogens (tertiary/aromatic N) is 3. The van der Waals surface area contributed by atoms with Crippen molar-refractivity contribution in [2.45, 2.75) is 18.0 Å². The number of aromatic nitrogens is 2. The molecule has 1 aromatic heterocycles. The molecule has 1 amide bonds. The van der Waals surface area contributed by atoms with Crippen LogP contribution in [0.4, 0.5) is 0 Å². The van der Waals surface area contributed by atoms with E-state index in [4.69, 9.17) is 0 Å². The van der Waals surface area contributed by atoms with Crippen molar-refractivity contribution in [1.82, 2.24) is 15.1 Å². The van der Waals surface area contributed by atoms with E-state index in [0.717, 1.165) is 21.4 Å².